The van der Waals surface area contributed by atoms with Crippen LogP contribution in [0.1, 0.15) is 61.1 Å². The third-order valence-electron chi connectivity index (χ3n) is 7.57. The van der Waals surface area contributed by atoms with Gasteiger partial charge in [-0.2, -0.15) is 0 Å². The van der Waals surface area contributed by atoms with Crippen LogP contribution in [0.2, 0.25) is 0 Å². The molecule has 280 valence electrons. The predicted octanol–water partition coefficient (Wildman–Crippen LogP) is 9.43. The molecule has 0 amide bonds. The van der Waals surface area contributed by atoms with Crippen molar-refractivity contribution in [1.29, 1.82) is 0 Å². The maximum absolute atomic E-state index is 12.1. The highest BCUT2D eigenvalue weighted by atomic mass is 35.5. The molecule has 0 bridgehead atoms. The van der Waals surface area contributed by atoms with Gasteiger partial charge in [0.15, 0.2) is 10.3 Å². The molecule has 12 heteroatoms. The number of thioether (sulfide) groups is 2. The van der Waals surface area contributed by atoms with Crippen molar-refractivity contribution >= 4 is 41.9 Å². The van der Waals surface area contributed by atoms with E-state index < -0.39 is 5.60 Å². The maximum atomic E-state index is 12.1. The number of pyridine rings is 2. The highest BCUT2D eigenvalue weighted by Crippen LogP contribution is 2.26. The molecule has 2 aromatic carbocycles. The van der Waals surface area contributed by atoms with Crippen LogP contribution >= 0.6 is 35.9 Å². The normalized spacial score (nSPS) is 10.9. The van der Waals surface area contributed by atoms with Gasteiger partial charge in [-0.3, -0.25) is 14.8 Å². The second-order valence-electron chi connectivity index (χ2n) is 13.3. The monoisotopic (exact) mass is 779 g/mol. The third-order valence-corrected chi connectivity index (χ3v) is 9.40. The Morgan fingerprint density at radius 1 is 0.667 bits per heavy atom. The molecule has 0 aliphatic heterocycles. The van der Waals surface area contributed by atoms with Crippen molar-refractivity contribution in [3.8, 4) is 22.5 Å². The zero-order valence-corrected chi connectivity index (χ0v) is 33.7. The molecule has 4 heterocycles. The average Bonchev–Trinajstić information content (AvgIpc) is 3.16. The van der Waals surface area contributed by atoms with E-state index in [-0.39, 0.29) is 24.8 Å². The number of carbonyl (C=O) groups excluding carboxylic acids is 1. The van der Waals surface area contributed by atoms with E-state index in [1.807, 2.05) is 120 Å². The number of aryl methyl sites for hydroxylation is 3. The Balaban J connectivity index is 0.000000244. The topological polar surface area (TPSA) is 130 Å². The van der Waals surface area contributed by atoms with Gasteiger partial charge in [-0.05, 0) is 82.1 Å². The van der Waals surface area contributed by atoms with Gasteiger partial charge in [0.1, 0.15) is 5.60 Å². The molecule has 54 heavy (non-hydrogen) atoms. The smallest absolute Gasteiger partial charge is 0.306 e. The molecule has 9 nitrogen and oxygen atoms in total. The summed E-state index contributed by atoms with van der Waals surface area (Å²) in [5, 5.41) is 1.43. The number of hydrogen-bond donors (Lipinski definition) is 1. The van der Waals surface area contributed by atoms with Crippen molar-refractivity contribution in [3.05, 3.63) is 143 Å². The summed E-state index contributed by atoms with van der Waals surface area (Å²) in [7, 11) is 0. The first-order chi connectivity index (χ1) is 25.5. The molecule has 0 saturated carbocycles. The van der Waals surface area contributed by atoms with Gasteiger partial charge < -0.3 is 10.5 Å². The third kappa shape index (κ3) is 13.9. The van der Waals surface area contributed by atoms with Crippen molar-refractivity contribution in [1.82, 2.24) is 29.9 Å². The van der Waals surface area contributed by atoms with Gasteiger partial charge in [0.05, 0.1) is 23.5 Å². The van der Waals surface area contributed by atoms with Gasteiger partial charge in [0, 0.05) is 65.1 Å². The highest BCUT2D eigenvalue weighted by Gasteiger charge is 2.17. The highest BCUT2D eigenvalue weighted by molar-refractivity contribution is 7.98. The van der Waals surface area contributed by atoms with E-state index in [0.717, 1.165) is 62.0 Å². The second-order valence-corrected chi connectivity index (χ2v) is 15.2. The summed E-state index contributed by atoms with van der Waals surface area (Å²) in [6.45, 7) is 9.93. The van der Waals surface area contributed by atoms with E-state index in [1.54, 1.807) is 23.5 Å². The minimum atomic E-state index is -0.488. The first kappa shape index (κ1) is 42.1. The molecule has 0 radical (unpaired) electrons. The molecule has 0 saturated heterocycles. The summed E-state index contributed by atoms with van der Waals surface area (Å²) in [5.74, 6) is 1.39. The van der Waals surface area contributed by atoms with Crippen LogP contribution in [0.4, 0.5) is 0 Å². The molecular formula is C42H46ClN7O2S2. The van der Waals surface area contributed by atoms with Gasteiger partial charge in [-0.15, -0.1) is 12.4 Å². The number of benzene rings is 2. The molecule has 4 aromatic heterocycles. The number of esters is 1. The van der Waals surface area contributed by atoms with E-state index in [9.17, 15) is 4.79 Å². The molecular weight excluding hydrogens is 734 g/mol. The van der Waals surface area contributed by atoms with E-state index in [0.29, 0.717) is 18.1 Å². The molecule has 0 spiro atoms. The minimum absolute atomic E-state index is 0. The number of ether oxygens (including phenoxy) is 1. The predicted molar refractivity (Wildman–Crippen MR) is 221 cm³/mol. The van der Waals surface area contributed by atoms with Gasteiger partial charge in [-0.25, -0.2) is 19.9 Å². The van der Waals surface area contributed by atoms with Gasteiger partial charge in [0.25, 0.3) is 0 Å². The van der Waals surface area contributed by atoms with E-state index in [2.05, 4.69) is 49.2 Å². The van der Waals surface area contributed by atoms with E-state index in [4.69, 9.17) is 15.5 Å². The molecule has 6 rings (SSSR count). The fourth-order valence-electron chi connectivity index (χ4n) is 4.91. The lowest BCUT2D eigenvalue weighted by atomic mass is 10.1. The van der Waals surface area contributed by atoms with Crippen LogP contribution in [0.15, 0.2) is 120 Å². The van der Waals surface area contributed by atoms with Gasteiger partial charge in [-0.1, -0.05) is 84.2 Å². The largest absolute Gasteiger partial charge is 0.460 e. The summed E-state index contributed by atoms with van der Waals surface area (Å²) in [6.07, 6.45) is 4.44. The number of nitrogens with two attached hydrogens (primary N) is 1. The Labute approximate surface area is 332 Å². The number of carbonyl (C=O) groups is 1. The number of rotatable bonds is 12. The van der Waals surface area contributed by atoms with Crippen LogP contribution in [0.25, 0.3) is 22.5 Å². The summed E-state index contributed by atoms with van der Waals surface area (Å²) in [5.41, 5.74) is 14.9. The molecule has 0 aliphatic rings. The van der Waals surface area contributed by atoms with Crippen LogP contribution < -0.4 is 5.73 Å². The maximum Gasteiger partial charge on any atom is 0.306 e. The zero-order chi connectivity index (χ0) is 37.6. The second kappa shape index (κ2) is 20.7. The molecule has 6 aromatic rings. The van der Waals surface area contributed by atoms with Crippen molar-refractivity contribution < 1.29 is 9.53 Å². The Morgan fingerprint density at radius 3 is 1.56 bits per heavy atom. The van der Waals surface area contributed by atoms with Crippen LogP contribution in [0.5, 0.6) is 0 Å². The first-order valence-electron chi connectivity index (χ1n) is 17.4. The lowest BCUT2D eigenvalue weighted by molar-refractivity contribution is -0.154. The SMILES string of the molecule is Cc1ccc(-c2cc(CCC(=O)OC(C)(C)C)nc(SCc3ccccc3)n2)cn1.Cc1ccc(-c2cc(CN)nc(SCc3ccccc3)n2)cn1.Cl. The van der Waals surface area contributed by atoms with Crippen LogP contribution in [-0.2, 0) is 34.0 Å². The van der Waals surface area contributed by atoms with E-state index >= 15 is 0 Å². The fourth-order valence-corrected chi connectivity index (χ4v) is 6.58. The quantitative estimate of drug-likeness (QED) is 0.0724. The molecule has 2 N–H and O–H groups in total. The van der Waals surface area contributed by atoms with Crippen LogP contribution in [0.3, 0.4) is 0 Å². The summed E-state index contributed by atoms with van der Waals surface area (Å²) < 4.78 is 5.43. The molecule has 0 atom stereocenters. The average molecular weight is 780 g/mol. The number of hydrogen-bond acceptors (Lipinski definition) is 11. The van der Waals surface area contributed by atoms with Crippen molar-refractivity contribution in [2.45, 2.75) is 81.4 Å². The minimum Gasteiger partial charge on any atom is -0.460 e. The number of halogens is 1. The van der Waals surface area contributed by atoms with Crippen molar-refractivity contribution in [3.63, 3.8) is 0 Å². The Bertz CT molecular complexity index is 2060. The first-order valence-corrected chi connectivity index (χ1v) is 19.4. The molecule has 0 fully saturated rings. The Kier molecular flexibility index (Phi) is 16.1. The number of aromatic nitrogens is 6. The zero-order valence-electron chi connectivity index (χ0n) is 31.2. The lowest BCUT2D eigenvalue weighted by Crippen LogP contribution is -2.24. The van der Waals surface area contributed by atoms with Gasteiger partial charge in [0.2, 0.25) is 0 Å². The fraction of sp³-hybridized carbons (Fsp3) is 0.262. The standard InChI is InChI=1S/C24H27N3O2S.C18H18N4S.ClH/c1-17-10-11-19(15-25-17)21-14-20(12-13-22(28)29-24(2,3)4)26-23(27-21)30-16-18-8-6-5-7-9-18;1-13-7-8-15(11-20-13)17-9-16(10-19)21-18(22-17)23-12-14-5-3-2-4-6-14;/h5-11,14-15H,12-13,16H2,1-4H3;2-9,11H,10,12,19H2,1H3;1H. The van der Waals surface area contributed by atoms with Crippen molar-refractivity contribution in [2.24, 2.45) is 5.73 Å². The summed E-state index contributed by atoms with van der Waals surface area (Å²) >= 11 is 3.20. The van der Waals surface area contributed by atoms with Gasteiger partial charge >= 0.3 is 5.97 Å². The van der Waals surface area contributed by atoms with Crippen molar-refractivity contribution in [2.75, 3.05) is 0 Å². The molecule has 0 aliphatic carbocycles. The van der Waals surface area contributed by atoms with Crippen LogP contribution in [0, 0.1) is 13.8 Å². The Hall–Kier alpha value is -4.68. The molecule has 0 unspecified atom stereocenters. The van der Waals surface area contributed by atoms with E-state index in [1.165, 1.54) is 11.1 Å². The number of nitrogens with zero attached hydrogens (tertiary/aromatic N) is 6. The lowest BCUT2D eigenvalue weighted by Gasteiger charge is -2.19. The summed E-state index contributed by atoms with van der Waals surface area (Å²) in [4.78, 5) is 39.4. The summed E-state index contributed by atoms with van der Waals surface area (Å²) in [6, 6.07) is 32.4. The van der Waals surface area contributed by atoms with Crippen LogP contribution in [-0.4, -0.2) is 41.5 Å². The Morgan fingerprint density at radius 2 is 1.13 bits per heavy atom.